The van der Waals surface area contributed by atoms with Crippen LogP contribution in [-0.4, -0.2) is 37.2 Å². The number of carbonyl (C=O) groups is 3. The van der Waals surface area contributed by atoms with Gasteiger partial charge in [0.1, 0.15) is 13.2 Å². The van der Waals surface area contributed by atoms with Gasteiger partial charge < -0.3 is 14.2 Å². The second-order valence-electron chi connectivity index (χ2n) is 17.8. The average Bonchev–Trinajstić information content (AvgIpc) is 3.29. The van der Waals surface area contributed by atoms with Gasteiger partial charge in [0.05, 0.1) is 0 Å². The van der Waals surface area contributed by atoms with Crippen molar-refractivity contribution in [2.75, 3.05) is 13.2 Å². The van der Waals surface area contributed by atoms with Crippen LogP contribution in [0.25, 0.3) is 0 Å². The Labute approximate surface area is 395 Å². The number of unbranched alkanes of at least 4 members (excludes halogenated alkanes) is 25. The van der Waals surface area contributed by atoms with Gasteiger partial charge in [-0.3, -0.25) is 14.4 Å². The first-order valence-electron chi connectivity index (χ1n) is 26.9. The van der Waals surface area contributed by atoms with Crippen molar-refractivity contribution < 1.29 is 28.6 Å². The molecule has 0 N–H and O–H groups in total. The van der Waals surface area contributed by atoms with Gasteiger partial charge in [0.2, 0.25) is 0 Å². The van der Waals surface area contributed by atoms with Gasteiger partial charge in [-0.05, 0) is 83.5 Å². The Balaban J connectivity index is 4.46. The number of ether oxygens (including phenoxy) is 3. The second kappa shape index (κ2) is 52.5. The van der Waals surface area contributed by atoms with Gasteiger partial charge in [-0.1, -0.05) is 229 Å². The molecule has 6 heteroatoms. The lowest BCUT2D eigenvalue weighted by atomic mass is 10.0. The number of allylic oxidation sites excluding steroid dienone is 12. The van der Waals surface area contributed by atoms with Gasteiger partial charge in [-0.25, -0.2) is 0 Å². The fourth-order valence-electron chi connectivity index (χ4n) is 7.41. The number of hydrogen-bond donors (Lipinski definition) is 0. The molecule has 1 atom stereocenters. The van der Waals surface area contributed by atoms with Gasteiger partial charge >= 0.3 is 17.9 Å². The second-order valence-corrected chi connectivity index (χ2v) is 17.8. The molecule has 0 fully saturated rings. The molecule has 0 saturated carbocycles. The van der Waals surface area contributed by atoms with Crippen LogP contribution in [0, 0.1) is 0 Å². The maximum Gasteiger partial charge on any atom is 0.306 e. The van der Waals surface area contributed by atoms with E-state index >= 15 is 0 Å². The third kappa shape index (κ3) is 49.9. The smallest absolute Gasteiger partial charge is 0.306 e. The van der Waals surface area contributed by atoms with Gasteiger partial charge in [0.15, 0.2) is 6.10 Å². The molecule has 0 bridgehead atoms. The van der Waals surface area contributed by atoms with Crippen LogP contribution in [0.3, 0.4) is 0 Å². The molecule has 0 aromatic carbocycles. The van der Waals surface area contributed by atoms with E-state index in [0.29, 0.717) is 19.3 Å². The van der Waals surface area contributed by atoms with Crippen LogP contribution in [0.5, 0.6) is 0 Å². The summed E-state index contributed by atoms with van der Waals surface area (Å²) in [7, 11) is 0. The zero-order valence-electron chi connectivity index (χ0n) is 42.0. The molecule has 0 aliphatic rings. The summed E-state index contributed by atoms with van der Waals surface area (Å²) >= 11 is 0. The van der Waals surface area contributed by atoms with Gasteiger partial charge in [0.25, 0.3) is 0 Å². The summed E-state index contributed by atoms with van der Waals surface area (Å²) in [5.41, 5.74) is 0. The van der Waals surface area contributed by atoms with Crippen LogP contribution in [0.4, 0.5) is 0 Å². The van der Waals surface area contributed by atoms with Crippen molar-refractivity contribution in [2.45, 2.75) is 264 Å². The summed E-state index contributed by atoms with van der Waals surface area (Å²) in [6, 6.07) is 0. The van der Waals surface area contributed by atoms with E-state index in [0.717, 1.165) is 77.0 Å². The molecule has 368 valence electrons. The topological polar surface area (TPSA) is 78.9 Å². The first kappa shape index (κ1) is 60.9. The van der Waals surface area contributed by atoms with Gasteiger partial charge in [0, 0.05) is 19.3 Å². The summed E-state index contributed by atoms with van der Waals surface area (Å²) in [5, 5.41) is 0. The Morgan fingerprint density at radius 2 is 0.625 bits per heavy atom. The van der Waals surface area contributed by atoms with Crippen LogP contribution in [0.2, 0.25) is 0 Å². The van der Waals surface area contributed by atoms with Crippen LogP contribution in [-0.2, 0) is 28.6 Å². The van der Waals surface area contributed by atoms with Gasteiger partial charge in [-0.2, -0.15) is 0 Å². The Morgan fingerprint density at radius 1 is 0.328 bits per heavy atom. The molecule has 0 spiro atoms. The summed E-state index contributed by atoms with van der Waals surface area (Å²) in [6.07, 6.45) is 66.0. The third-order valence-corrected chi connectivity index (χ3v) is 11.4. The highest BCUT2D eigenvalue weighted by atomic mass is 16.6. The van der Waals surface area contributed by atoms with E-state index in [9.17, 15) is 14.4 Å². The highest BCUT2D eigenvalue weighted by molar-refractivity contribution is 5.71. The van der Waals surface area contributed by atoms with E-state index in [-0.39, 0.29) is 37.5 Å². The number of carbonyl (C=O) groups excluding carboxylic acids is 3. The maximum atomic E-state index is 12.8. The molecule has 0 heterocycles. The van der Waals surface area contributed by atoms with Gasteiger partial charge in [-0.15, -0.1) is 0 Å². The van der Waals surface area contributed by atoms with E-state index in [2.05, 4.69) is 93.7 Å². The Morgan fingerprint density at radius 3 is 1.03 bits per heavy atom. The molecule has 1 unspecified atom stereocenters. The van der Waals surface area contributed by atoms with E-state index in [1.54, 1.807) is 0 Å². The molecule has 0 aliphatic carbocycles. The van der Waals surface area contributed by atoms with Crippen LogP contribution < -0.4 is 0 Å². The molecule has 0 aromatic rings. The zero-order valence-corrected chi connectivity index (χ0v) is 42.0. The molecule has 0 aromatic heterocycles. The van der Waals surface area contributed by atoms with Crippen LogP contribution in [0.15, 0.2) is 72.9 Å². The quantitative estimate of drug-likeness (QED) is 0.0262. The minimum atomic E-state index is -0.798. The zero-order chi connectivity index (χ0) is 46.5. The van der Waals surface area contributed by atoms with Crippen molar-refractivity contribution >= 4 is 17.9 Å². The van der Waals surface area contributed by atoms with Crippen molar-refractivity contribution in [2.24, 2.45) is 0 Å². The lowest BCUT2D eigenvalue weighted by Gasteiger charge is -2.18. The maximum absolute atomic E-state index is 12.8. The lowest BCUT2D eigenvalue weighted by Crippen LogP contribution is -2.30. The minimum absolute atomic E-state index is 0.0929. The number of rotatable bonds is 48. The van der Waals surface area contributed by atoms with Crippen molar-refractivity contribution in [3.8, 4) is 0 Å². The average molecular weight is 893 g/mol. The summed E-state index contributed by atoms with van der Waals surface area (Å²) < 4.78 is 16.8. The highest BCUT2D eigenvalue weighted by Crippen LogP contribution is 2.15. The van der Waals surface area contributed by atoms with E-state index in [1.807, 2.05) is 0 Å². The van der Waals surface area contributed by atoms with Crippen molar-refractivity contribution in [3.05, 3.63) is 72.9 Å². The Kier molecular flexibility index (Phi) is 49.9. The first-order chi connectivity index (χ1) is 31.5. The minimum Gasteiger partial charge on any atom is -0.462 e. The molecular weight excluding hydrogens is 793 g/mol. The van der Waals surface area contributed by atoms with Crippen molar-refractivity contribution in [3.63, 3.8) is 0 Å². The lowest BCUT2D eigenvalue weighted by molar-refractivity contribution is -0.167. The predicted molar refractivity (Wildman–Crippen MR) is 274 cm³/mol. The SMILES string of the molecule is CC/C=C\C/C=C\C/C=C\C/C=C\C/C=C\CCCC(=O)OCC(COC(=O)CCCCCCCCCCCCCC)OC(=O)CCCCCCCCC/C=C\CCCCCCCC. The molecule has 6 nitrogen and oxygen atoms in total. The summed E-state index contributed by atoms with van der Waals surface area (Å²) in [6.45, 7) is 6.47. The molecule has 0 radical (unpaired) electrons. The standard InChI is InChI=1S/C58H100O6/c1-4-7-10-13-16-19-22-25-27-29-31-33-36-39-42-45-48-51-57(60)63-54-55(53-62-56(59)50-47-44-41-38-35-24-21-18-15-12-9-6-3)64-58(61)52-49-46-43-40-37-34-32-30-28-26-23-20-17-14-11-8-5-2/h7,10,16,19,25-28,31,33,39,42,55H,4-6,8-9,11-15,17-18,20-24,29-30,32,34-38,40-41,43-54H2,1-3H3/b10-7-,19-16-,27-25-,28-26-,33-31-,42-39-. The molecule has 64 heavy (non-hydrogen) atoms. The fraction of sp³-hybridized carbons (Fsp3) is 0.741. The first-order valence-corrected chi connectivity index (χ1v) is 26.9. The molecule has 0 amide bonds. The number of hydrogen-bond acceptors (Lipinski definition) is 6. The Bertz CT molecular complexity index is 1210. The van der Waals surface area contributed by atoms with Crippen molar-refractivity contribution in [1.29, 1.82) is 0 Å². The molecule has 0 aliphatic heterocycles. The molecular formula is C58H100O6. The summed E-state index contributed by atoms with van der Waals surface area (Å²) in [4.78, 5) is 38.0. The number of esters is 3. The predicted octanol–water partition coefficient (Wildman–Crippen LogP) is 17.8. The van der Waals surface area contributed by atoms with Crippen LogP contribution >= 0.6 is 0 Å². The van der Waals surface area contributed by atoms with Crippen molar-refractivity contribution in [1.82, 2.24) is 0 Å². The summed E-state index contributed by atoms with van der Waals surface area (Å²) in [5.74, 6) is -0.953. The third-order valence-electron chi connectivity index (χ3n) is 11.4. The molecule has 0 rings (SSSR count). The fourth-order valence-corrected chi connectivity index (χ4v) is 7.41. The van der Waals surface area contributed by atoms with E-state index in [1.165, 1.54) is 135 Å². The van der Waals surface area contributed by atoms with Crippen LogP contribution in [0.1, 0.15) is 258 Å². The largest absolute Gasteiger partial charge is 0.462 e. The van der Waals surface area contributed by atoms with E-state index in [4.69, 9.17) is 14.2 Å². The van der Waals surface area contributed by atoms with E-state index < -0.39 is 6.10 Å². The monoisotopic (exact) mass is 893 g/mol. The Hall–Kier alpha value is -3.15. The normalized spacial score (nSPS) is 12.6. The molecule has 0 saturated heterocycles. The highest BCUT2D eigenvalue weighted by Gasteiger charge is 2.19.